The van der Waals surface area contributed by atoms with E-state index in [0.29, 0.717) is 26.3 Å². The third-order valence-electron chi connectivity index (χ3n) is 4.94. The van der Waals surface area contributed by atoms with Crippen molar-refractivity contribution in [2.24, 2.45) is 0 Å². The summed E-state index contributed by atoms with van der Waals surface area (Å²) in [4.78, 5) is 8.49. The lowest BCUT2D eigenvalue weighted by molar-refractivity contribution is 0.0267. The van der Waals surface area contributed by atoms with Crippen LogP contribution in [0.1, 0.15) is 63.8 Å². The number of hydrogen-bond donors (Lipinski definition) is 2. The zero-order valence-corrected chi connectivity index (χ0v) is 20.7. The number of hydrogen-bond acceptors (Lipinski definition) is 6. The molecule has 2 N–H and O–H groups in total. The van der Waals surface area contributed by atoms with Gasteiger partial charge in [0.1, 0.15) is 11.6 Å². The van der Waals surface area contributed by atoms with E-state index in [1.54, 1.807) is 6.20 Å². The Kier molecular flexibility index (Phi) is 14.9. The normalized spacial score (nSPS) is 13.0. The van der Waals surface area contributed by atoms with Gasteiger partial charge in [-0.2, -0.15) is 0 Å². The largest absolute Gasteiger partial charge is 0.389 e. The van der Waals surface area contributed by atoms with E-state index in [1.165, 1.54) is 0 Å². The Hall–Kier alpha value is -1.74. The van der Waals surface area contributed by atoms with Gasteiger partial charge in [-0.1, -0.05) is 33.6 Å². The molecule has 0 saturated carbocycles. The number of nitrogens with zero attached hydrogens (tertiary/aromatic N) is 4. The van der Waals surface area contributed by atoms with Gasteiger partial charge >= 0.3 is 0 Å². The average molecular weight is 453 g/mol. The van der Waals surface area contributed by atoms with E-state index in [4.69, 9.17) is 9.47 Å². The van der Waals surface area contributed by atoms with Crippen molar-refractivity contribution in [1.82, 2.24) is 19.1 Å². The maximum absolute atomic E-state index is 9.86. The molecule has 184 valence electrons. The first-order chi connectivity index (χ1) is 15.4. The summed E-state index contributed by atoms with van der Waals surface area (Å²) in [6, 6.07) is 0. The van der Waals surface area contributed by atoms with Crippen molar-refractivity contribution in [3.8, 4) is 0 Å². The van der Waals surface area contributed by atoms with Crippen molar-refractivity contribution >= 4 is 0 Å². The summed E-state index contributed by atoms with van der Waals surface area (Å²) in [5.41, 5.74) is 1.00. The van der Waals surface area contributed by atoms with E-state index in [9.17, 15) is 10.2 Å². The second-order valence-electron chi connectivity index (χ2n) is 8.10. The van der Waals surface area contributed by atoms with Gasteiger partial charge in [-0.25, -0.2) is 9.97 Å². The SMILES string of the molecule is CCCCOCC(O)Cn1cc(C)nc1CC.CCCCOCC(O)Cn1ccnc1C. The maximum Gasteiger partial charge on any atom is 0.108 e. The molecule has 0 fully saturated rings. The summed E-state index contributed by atoms with van der Waals surface area (Å²) in [5, 5.41) is 19.5. The molecule has 2 unspecified atom stereocenters. The Labute approximate surface area is 193 Å². The molecule has 0 spiro atoms. The van der Waals surface area contributed by atoms with Crippen LogP contribution in [-0.4, -0.2) is 68.0 Å². The molecule has 0 aliphatic carbocycles. The predicted octanol–water partition coefficient (Wildman–Crippen LogP) is 3.30. The second-order valence-corrected chi connectivity index (χ2v) is 8.10. The van der Waals surface area contributed by atoms with Gasteiger partial charge in [0.05, 0.1) is 44.2 Å². The number of aliphatic hydroxyl groups is 2. The zero-order chi connectivity index (χ0) is 23.8. The molecule has 2 rings (SSSR count). The first-order valence-electron chi connectivity index (χ1n) is 11.9. The fourth-order valence-corrected chi connectivity index (χ4v) is 3.12. The quantitative estimate of drug-likeness (QED) is 0.403. The molecule has 0 aliphatic rings. The van der Waals surface area contributed by atoms with E-state index in [0.717, 1.165) is 62.7 Å². The molecule has 0 radical (unpaired) electrons. The van der Waals surface area contributed by atoms with Crippen molar-refractivity contribution in [3.63, 3.8) is 0 Å². The predicted molar refractivity (Wildman–Crippen MR) is 127 cm³/mol. The van der Waals surface area contributed by atoms with Crippen molar-refractivity contribution in [1.29, 1.82) is 0 Å². The van der Waals surface area contributed by atoms with Crippen LogP contribution in [-0.2, 0) is 29.0 Å². The highest BCUT2D eigenvalue weighted by atomic mass is 16.5. The summed E-state index contributed by atoms with van der Waals surface area (Å²) in [5.74, 6) is 1.94. The smallest absolute Gasteiger partial charge is 0.108 e. The molecule has 0 saturated heterocycles. The summed E-state index contributed by atoms with van der Waals surface area (Å²) in [6.07, 6.45) is 9.91. The van der Waals surface area contributed by atoms with E-state index < -0.39 is 12.2 Å². The maximum atomic E-state index is 9.86. The van der Waals surface area contributed by atoms with Gasteiger partial charge in [0, 0.05) is 38.2 Å². The molecule has 2 aromatic heterocycles. The number of aromatic nitrogens is 4. The summed E-state index contributed by atoms with van der Waals surface area (Å²) < 4.78 is 14.7. The Morgan fingerprint density at radius 1 is 0.906 bits per heavy atom. The van der Waals surface area contributed by atoms with Crippen molar-refractivity contribution in [3.05, 3.63) is 35.9 Å². The minimum absolute atomic E-state index is 0.400. The van der Waals surface area contributed by atoms with Crippen molar-refractivity contribution < 1.29 is 19.7 Å². The van der Waals surface area contributed by atoms with E-state index >= 15 is 0 Å². The van der Waals surface area contributed by atoms with Gasteiger partial charge in [-0.15, -0.1) is 0 Å². The molecule has 0 bridgehead atoms. The summed E-state index contributed by atoms with van der Waals surface area (Å²) >= 11 is 0. The van der Waals surface area contributed by atoms with E-state index in [2.05, 4.69) is 30.7 Å². The molecular weight excluding hydrogens is 408 g/mol. The highest BCUT2D eigenvalue weighted by Crippen LogP contribution is 2.05. The highest BCUT2D eigenvalue weighted by molar-refractivity contribution is 5.02. The summed E-state index contributed by atoms with van der Waals surface area (Å²) in [6.45, 7) is 13.6. The molecular formula is C24H44N4O4. The minimum Gasteiger partial charge on any atom is -0.389 e. The standard InChI is InChI=1S/C13H24N2O2.C11H20N2O2/c1-4-6-7-17-10-12(16)9-15-8-11(3)14-13(15)5-2;1-3-4-7-15-9-11(14)8-13-6-5-12-10(13)2/h8,12,16H,4-7,9-10H2,1-3H3;5-6,11,14H,3-4,7-9H2,1-2H3. The number of aryl methyl sites for hydroxylation is 3. The van der Waals surface area contributed by atoms with Crippen molar-refractivity contribution in [2.45, 2.75) is 92.0 Å². The van der Waals surface area contributed by atoms with Crippen LogP contribution in [0.3, 0.4) is 0 Å². The molecule has 8 heteroatoms. The lowest BCUT2D eigenvalue weighted by Crippen LogP contribution is -2.23. The molecule has 8 nitrogen and oxygen atoms in total. The Bertz CT molecular complexity index is 717. The van der Waals surface area contributed by atoms with Gasteiger partial charge in [-0.05, 0) is 26.7 Å². The minimum atomic E-state index is -0.453. The molecule has 0 aromatic carbocycles. The molecule has 2 heterocycles. The number of imidazole rings is 2. The van der Waals surface area contributed by atoms with Crippen LogP contribution < -0.4 is 0 Å². The van der Waals surface area contributed by atoms with Crippen LogP contribution in [0.4, 0.5) is 0 Å². The lowest BCUT2D eigenvalue weighted by atomic mass is 10.3. The van der Waals surface area contributed by atoms with Crippen LogP contribution in [0, 0.1) is 13.8 Å². The van der Waals surface area contributed by atoms with Crippen LogP contribution in [0.2, 0.25) is 0 Å². The van der Waals surface area contributed by atoms with Crippen LogP contribution >= 0.6 is 0 Å². The molecule has 2 aromatic rings. The number of aliphatic hydroxyl groups excluding tert-OH is 2. The van der Waals surface area contributed by atoms with Crippen LogP contribution in [0.25, 0.3) is 0 Å². The molecule has 0 amide bonds. The van der Waals surface area contributed by atoms with Crippen molar-refractivity contribution in [2.75, 3.05) is 26.4 Å². The second kappa shape index (κ2) is 16.8. The van der Waals surface area contributed by atoms with E-state index in [1.807, 2.05) is 35.4 Å². The number of unbranched alkanes of at least 4 members (excludes halogenated alkanes) is 2. The zero-order valence-electron chi connectivity index (χ0n) is 20.7. The van der Waals surface area contributed by atoms with Gasteiger partial charge in [0.15, 0.2) is 0 Å². The number of ether oxygens (including phenoxy) is 2. The Morgan fingerprint density at radius 2 is 1.47 bits per heavy atom. The third-order valence-corrected chi connectivity index (χ3v) is 4.94. The molecule has 0 aliphatic heterocycles. The van der Waals surface area contributed by atoms with Gasteiger partial charge in [0.2, 0.25) is 0 Å². The fraction of sp³-hybridized carbons (Fsp3) is 0.750. The highest BCUT2D eigenvalue weighted by Gasteiger charge is 2.10. The van der Waals surface area contributed by atoms with Gasteiger partial charge < -0.3 is 28.8 Å². The molecule has 2 atom stereocenters. The summed E-state index contributed by atoms with van der Waals surface area (Å²) in [7, 11) is 0. The van der Waals surface area contributed by atoms with Crippen LogP contribution in [0.15, 0.2) is 18.6 Å². The van der Waals surface area contributed by atoms with Crippen LogP contribution in [0.5, 0.6) is 0 Å². The van der Waals surface area contributed by atoms with Gasteiger partial charge in [0.25, 0.3) is 0 Å². The first kappa shape index (κ1) is 28.3. The van der Waals surface area contributed by atoms with Gasteiger partial charge in [-0.3, -0.25) is 0 Å². The fourth-order valence-electron chi connectivity index (χ4n) is 3.12. The Balaban J connectivity index is 0.000000323. The lowest BCUT2D eigenvalue weighted by Gasteiger charge is -2.13. The monoisotopic (exact) mass is 452 g/mol. The average Bonchev–Trinajstić information content (AvgIpc) is 3.33. The number of rotatable bonds is 15. The first-order valence-corrected chi connectivity index (χ1v) is 11.9. The van der Waals surface area contributed by atoms with E-state index in [-0.39, 0.29) is 0 Å². The third kappa shape index (κ3) is 11.8. The molecule has 32 heavy (non-hydrogen) atoms. The Morgan fingerprint density at radius 3 is 1.94 bits per heavy atom. The topological polar surface area (TPSA) is 94.6 Å².